The number of nitriles is 1. The molecular weight excluding hydrogens is 394 g/mol. The maximum Gasteiger partial charge on any atom is 0.253 e. The molecule has 1 fully saturated rings. The van der Waals surface area contributed by atoms with E-state index in [-0.39, 0.29) is 11.9 Å². The second-order valence-electron chi connectivity index (χ2n) is 6.14. The van der Waals surface area contributed by atoms with Gasteiger partial charge in [0.25, 0.3) is 5.91 Å². The van der Waals surface area contributed by atoms with Crippen molar-refractivity contribution in [3.8, 4) is 11.8 Å². The van der Waals surface area contributed by atoms with Crippen LogP contribution in [0.2, 0.25) is 0 Å². The Hall–Kier alpha value is -2.36. The lowest BCUT2D eigenvalue weighted by molar-refractivity contribution is 0.0606. The van der Waals surface area contributed by atoms with E-state index in [1.165, 1.54) is 0 Å². The van der Waals surface area contributed by atoms with Gasteiger partial charge < -0.3 is 9.64 Å². The van der Waals surface area contributed by atoms with Gasteiger partial charge in [-0.2, -0.15) is 5.26 Å². The number of hydrogen-bond donors (Lipinski definition) is 0. The molecule has 26 heavy (non-hydrogen) atoms. The monoisotopic (exact) mass is 413 g/mol. The molecule has 2 aromatic rings. The van der Waals surface area contributed by atoms with Crippen molar-refractivity contribution >= 4 is 21.8 Å². The summed E-state index contributed by atoms with van der Waals surface area (Å²) >= 11 is 3.38. The zero-order valence-electron chi connectivity index (χ0n) is 14.6. The van der Waals surface area contributed by atoms with Crippen LogP contribution < -0.4 is 4.74 Å². The highest BCUT2D eigenvalue weighted by Crippen LogP contribution is 2.24. The van der Waals surface area contributed by atoms with Crippen LogP contribution in [0.25, 0.3) is 0 Å². The highest BCUT2D eigenvalue weighted by molar-refractivity contribution is 9.10. The zero-order valence-corrected chi connectivity index (χ0v) is 16.1. The van der Waals surface area contributed by atoms with Gasteiger partial charge >= 0.3 is 0 Å². The summed E-state index contributed by atoms with van der Waals surface area (Å²) in [6, 6.07) is 17.1. The molecule has 5 nitrogen and oxygen atoms in total. The number of carbonyl (C=O) groups excluding carboxylic acids is 1. The quantitative estimate of drug-likeness (QED) is 0.769. The maximum absolute atomic E-state index is 12.6. The van der Waals surface area contributed by atoms with E-state index in [0.717, 1.165) is 15.8 Å². The number of benzene rings is 2. The summed E-state index contributed by atoms with van der Waals surface area (Å²) in [4.78, 5) is 16.6. The summed E-state index contributed by atoms with van der Waals surface area (Å²) in [5.41, 5.74) is 1.63. The first kappa shape index (κ1) is 18.4. The van der Waals surface area contributed by atoms with Crippen LogP contribution in [0.1, 0.15) is 22.0 Å². The molecule has 0 unspecified atom stereocenters. The minimum absolute atomic E-state index is 0.0371. The van der Waals surface area contributed by atoms with Crippen molar-refractivity contribution < 1.29 is 9.53 Å². The van der Waals surface area contributed by atoms with E-state index in [2.05, 4.69) is 26.9 Å². The largest absolute Gasteiger partial charge is 0.497 e. The van der Waals surface area contributed by atoms with Gasteiger partial charge in [0.15, 0.2) is 0 Å². The molecule has 1 atom stereocenters. The smallest absolute Gasteiger partial charge is 0.253 e. The average Bonchev–Trinajstić information content (AvgIpc) is 2.70. The Bertz CT molecular complexity index is 791. The molecule has 1 amide bonds. The third kappa shape index (κ3) is 4.06. The van der Waals surface area contributed by atoms with E-state index in [9.17, 15) is 10.1 Å². The number of carbonyl (C=O) groups is 1. The molecule has 0 aliphatic carbocycles. The maximum atomic E-state index is 12.6. The van der Waals surface area contributed by atoms with Crippen LogP contribution in [0, 0.1) is 11.3 Å². The molecule has 3 rings (SSSR count). The van der Waals surface area contributed by atoms with Crippen LogP contribution in [0.3, 0.4) is 0 Å². The molecule has 0 saturated carbocycles. The molecule has 1 aliphatic rings. The van der Waals surface area contributed by atoms with Crippen molar-refractivity contribution in [2.45, 2.75) is 6.04 Å². The van der Waals surface area contributed by atoms with E-state index in [1.807, 2.05) is 53.4 Å². The van der Waals surface area contributed by atoms with Crippen LogP contribution in [0.15, 0.2) is 53.0 Å². The van der Waals surface area contributed by atoms with E-state index >= 15 is 0 Å². The normalized spacial score (nSPS) is 16.0. The number of halogens is 1. The SMILES string of the molecule is COc1ccc([C@@H](C#N)N2CCN(C(=O)c3ccc(Br)cc3)CC2)cc1. The first-order valence-electron chi connectivity index (χ1n) is 8.45. The van der Waals surface area contributed by atoms with Crippen molar-refractivity contribution in [3.05, 3.63) is 64.1 Å². The lowest BCUT2D eigenvalue weighted by atomic mass is 10.1. The molecular formula is C20H20BrN3O2. The number of ether oxygens (including phenoxy) is 1. The summed E-state index contributed by atoms with van der Waals surface area (Å²) in [5, 5.41) is 9.63. The van der Waals surface area contributed by atoms with Crippen LogP contribution in [-0.4, -0.2) is 49.0 Å². The van der Waals surface area contributed by atoms with E-state index < -0.39 is 0 Å². The van der Waals surface area contributed by atoms with Crippen molar-refractivity contribution in [1.82, 2.24) is 9.80 Å². The van der Waals surface area contributed by atoms with Gasteiger partial charge in [0, 0.05) is 36.2 Å². The molecule has 134 valence electrons. The molecule has 0 N–H and O–H groups in total. The van der Waals surface area contributed by atoms with E-state index in [0.29, 0.717) is 31.7 Å². The second kappa shape index (κ2) is 8.35. The van der Waals surface area contributed by atoms with Crippen molar-refractivity contribution in [3.63, 3.8) is 0 Å². The van der Waals surface area contributed by atoms with Crippen LogP contribution in [0.4, 0.5) is 0 Å². The average molecular weight is 414 g/mol. The molecule has 0 radical (unpaired) electrons. The Morgan fingerprint density at radius 3 is 2.23 bits per heavy atom. The lowest BCUT2D eigenvalue weighted by Gasteiger charge is -2.37. The number of amides is 1. The van der Waals surface area contributed by atoms with Gasteiger partial charge in [0.05, 0.1) is 13.2 Å². The fraction of sp³-hybridized carbons (Fsp3) is 0.300. The third-order valence-corrected chi connectivity index (χ3v) is 5.14. The highest BCUT2D eigenvalue weighted by Gasteiger charge is 2.27. The minimum atomic E-state index is -0.314. The Labute approximate surface area is 161 Å². The number of piperazine rings is 1. The lowest BCUT2D eigenvalue weighted by Crippen LogP contribution is -2.49. The summed E-state index contributed by atoms with van der Waals surface area (Å²) in [5.74, 6) is 0.811. The van der Waals surface area contributed by atoms with Gasteiger partial charge in [-0.1, -0.05) is 28.1 Å². The molecule has 1 heterocycles. The predicted molar refractivity (Wildman–Crippen MR) is 103 cm³/mol. The number of nitrogens with zero attached hydrogens (tertiary/aromatic N) is 3. The molecule has 0 spiro atoms. The van der Waals surface area contributed by atoms with E-state index in [1.54, 1.807) is 7.11 Å². The van der Waals surface area contributed by atoms with Gasteiger partial charge in [-0.3, -0.25) is 9.69 Å². The summed E-state index contributed by atoms with van der Waals surface area (Å²) < 4.78 is 6.13. The molecule has 6 heteroatoms. The first-order valence-corrected chi connectivity index (χ1v) is 9.24. The molecule has 1 saturated heterocycles. The Balaban J connectivity index is 1.63. The van der Waals surface area contributed by atoms with Crippen molar-refractivity contribution in [1.29, 1.82) is 5.26 Å². The van der Waals surface area contributed by atoms with Crippen LogP contribution >= 0.6 is 15.9 Å². The summed E-state index contributed by atoms with van der Waals surface area (Å²) in [6.07, 6.45) is 0. The van der Waals surface area contributed by atoms with E-state index in [4.69, 9.17) is 4.74 Å². The standard InChI is InChI=1S/C20H20BrN3O2/c1-26-18-8-4-15(5-9-18)19(14-22)23-10-12-24(13-11-23)20(25)16-2-6-17(21)7-3-16/h2-9,19H,10-13H2,1H3/t19-/m1/s1. The molecule has 0 aromatic heterocycles. The Kier molecular flexibility index (Phi) is 5.92. The van der Waals surface area contributed by atoms with Gasteiger partial charge in [-0.05, 0) is 42.0 Å². The Morgan fingerprint density at radius 2 is 1.69 bits per heavy atom. The van der Waals surface area contributed by atoms with Gasteiger partial charge in [-0.25, -0.2) is 0 Å². The number of hydrogen-bond acceptors (Lipinski definition) is 4. The Morgan fingerprint density at radius 1 is 1.08 bits per heavy atom. The molecule has 0 bridgehead atoms. The third-order valence-electron chi connectivity index (χ3n) is 4.61. The van der Waals surface area contributed by atoms with Gasteiger partial charge in [0.2, 0.25) is 0 Å². The summed E-state index contributed by atoms with van der Waals surface area (Å²) in [6.45, 7) is 2.57. The van der Waals surface area contributed by atoms with Gasteiger partial charge in [0.1, 0.15) is 11.8 Å². The topological polar surface area (TPSA) is 56.6 Å². The van der Waals surface area contributed by atoms with Crippen molar-refractivity contribution in [2.75, 3.05) is 33.3 Å². The van der Waals surface area contributed by atoms with Crippen LogP contribution in [0.5, 0.6) is 5.75 Å². The van der Waals surface area contributed by atoms with Gasteiger partial charge in [-0.15, -0.1) is 0 Å². The highest BCUT2D eigenvalue weighted by atomic mass is 79.9. The number of methoxy groups -OCH3 is 1. The first-order chi connectivity index (χ1) is 12.6. The molecule has 1 aliphatic heterocycles. The van der Waals surface area contributed by atoms with Crippen molar-refractivity contribution in [2.24, 2.45) is 0 Å². The fourth-order valence-corrected chi connectivity index (χ4v) is 3.38. The van der Waals surface area contributed by atoms with Crippen LogP contribution in [-0.2, 0) is 0 Å². The predicted octanol–water partition coefficient (Wildman–Crippen LogP) is 3.48. The summed E-state index contributed by atoms with van der Waals surface area (Å²) in [7, 11) is 1.62. The zero-order chi connectivity index (χ0) is 18.5. The fourth-order valence-electron chi connectivity index (χ4n) is 3.11. The second-order valence-corrected chi connectivity index (χ2v) is 7.06. The number of rotatable bonds is 4. The minimum Gasteiger partial charge on any atom is -0.497 e. The molecule has 2 aromatic carbocycles.